The number of hydrogen-bond donors (Lipinski definition) is 2. The van der Waals surface area contributed by atoms with Gasteiger partial charge in [0, 0.05) is 16.7 Å². The zero-order valence-electron chi connectivity index (χ0n) is 16.9. The molecule has 0 aliphatic rings. The van der Waals surface area contributed by atoms with Gasteiger partial charge in [0.2, 0.25) is 0 Å². The fourth-order valence-electron chi connectivity index (χ4n) is 3.55. The lowest BCUT2D eigenvalue weighted by molar-refractivity contribution is 0.0686. The quantitative estimate of drug-likeness (QED) is 0.410. The Labute approximate surface area is 185 Å². The number of aromatic carboxylic acids is 2. The monoisotopic (exact) mass is 418 g/mol. The molecule has 0 saturated carbocycles. The van der Waals surface area contributed by atoms with E-state index in [4.69, 9.17) is 0 Å². The summed E-state index contributed by atoms with van der Waals surface area (Å²) in [5, 5.41) is 19.6. The highest BCUT2D eigenvalue weighted by Gasteiger charge is 2.21. The van der Waals surface area contributed by atoms with Gasteiger partial charge >= 0.3 is 11.9 Å². The molecule has 0 aliphatic carbocycles. The summed E-state index contributed by atoms with van der Waals surface area (Å²) in [6.45, 7) is 0. The maximum atomic E-state index is 12.4. The van der Waals surface area contributed by atoms with E-state index in [1.165, 1.54) is 6.07 Å². The molecule has 0 atom stereocenters. The average Bonchev–Trinajstić information content (AvgIpc) is 2.83. The van der Waals surface area contributed by atoms with E-state index >= 15 is 0 Å². The molecule has 32 heavy (non-hydrogen) atoms. The molecule has 0 bridgehead atoms. The predicted molar refractivity (Wildman–Crippen MR) is 124 cm³/mol. The van der Waals surface area contributed by atoms with Crippen molar-refractivity contribution < 1.29 is 19.8 Å². The molecular weight excluding hydrogens is 400 g/mol. The second-order valence-electron chi connectivity index (χ2n) is 7.08. The van der Waals surface area contributed by atoms with Gasteiger partial charge in [-0.2, -0.15) is 0 Å². The molecule has 0 fully saturated rings. The van der Waals surface area contributed by atoms with Gasteiger partial charge in [-0.1, -0.05) is 78.6 Å². The van der Waals surface area contributed by atoms with Crippen molar-refractivity contribution in [1.29, 1.82) is 0 Å². The molecule has 154 valence electrons. The Kier molecular flexibility index (Phi) is 5.83. The maximum absolute atomic E-state index is 12.4. The number of benzene rings is 4. The lowest BCUT2D eigenvalue weighted by Crippen LogP contribution is -2.05. The summed E-state index contributed by atoms with van der Waals surface area (Å²) in [5.41, 5.74) is 3.84. The predicted octanol–water partition coefficient (Wildman–Crippen LogP) is 5.82. The maximum Gasteiger partial charge on any atom is 0.337 e. The molecule has 0 aromatic heterocycles. The van der Waals surface area contributed by atoms with E-state index < -0.39 is 11.9 Å². The minimum absolute atomic E-state index is 0.0814. The lowest BCUT2D eigenvalue weighted by atomic mass is 9.87. The topological polar surface area (TPSA) is 74.6 Å². The molecule has 0 aliphatic heterocycles. The van der Waals surface area contributed by atoms with Crippen LogP contribution >= 0.6 is 0 Å². The van der Waals surface area contributed by atoms with Crippen molar-refractivity contribution in [1.82, 2.24) is 0 Å². The van der Waals surface area contributed by atoms with Gasteiger partial charge in [0.15, 0.2) is 0 Å². The molecule has 4 nitrogen and oxygen atoms in total. The van der Waals surface area contributed by atoms with Crippen molar-refractivity contribution >= 4 is 11.9 Å². The van der Waals surface area contributed by atoms with E-state index in [0.717, 1.165) is 5.56 Å². The second-order valence-corrected chi connectivity index (χ2v) is 7.08. The van der Waals surface area contributed by atoms with Crippen molar-refractivity contribution in [2.24, 2.45) is 0 Å². The Morgan fingerprint density at radius 1 is 0.625 bits per heavy atom. The molecule has 0 amide bonds. The fourth-order valence-corrected chi connectivity index (χ4v) is 3.55. The summed E-state index contributed by atoms with van der Waals surface area (Å²) in [7, 11) is 0. The number of carbonyl (C=O) groups is 2. The van der Waals surface area contributed by atoms with Gasteiger partial charge in [0.1, 0.15) is 0 Å². The third-order valence-corrected chi connectivity index (χ3v) is 5.02. The third kappa shape index (κ3) is 4.28. The zero-order chi connectivity index (χ0) is 22.5. The van der Waals surface area contributed by atoms with Crippen molar-refractivity contribution in [2.45, 2.75) is 0 Å². The number of carboxylic acid groups (broad SMARTS) is 2. The van der Waals surface area contributed by atoms with Crippen LogP contribution in [0.2, 0.25) is 0 Å². The summed E-state index contributed by atoms with van der Waals surface area (Å²) in [6.07, 6.45) is 0. The van der Waals surface area contributed by atoms with E-state index in [2.05, 4.69) is 11.8 Å². The Morgan fingerprint density at radius 3 is 1.94 bits per heavy atom. The number of rotatable bonds is 4. The molecule has 0 unspecified atom stereocenters. The van der Waals surface area contributed by atoms with E-state index in [-0.39, 0.29) is 11.1 Å². The van der Waals surface area contributed by atoms with E-state index in [1.807, 2.05) is 60.7 Å². The van der Waals surface area contributed by atoms with Gasteiger partial charge in [-0.05, 0) is 47.0 Å². The third-order valence-electron chi connectivity index (χ3n) is 5.02. The Bertz CT molecular complexity index is 1360. The van der Waals surface area contributed by atoms with Crippen LogP contribution in [0, 0.1) is 11.8 Å². The standard InChI is InChI=1S/C28H18O4/c29-27(30)23-13-7-12-22(18-23)24-17-16-21(15-14-19-8-3-1-4-9-19)26(28(31)32)25(24)20-10-5-2-6-11-20/h1-13,16-18H,(H,29,30)(H,31,32). The van der Waals surface area contributed by atoms with Crippen LogP contribution in [-0.4, -0.2) is 22.2 Å². The van der Waals surface area contributed by atoms with Crippen LogP contribution in [0.15, 0.2) is 97.1 Å². The van der Waals surface area contributed by atoms with Crippen molar-refractivity contribution in [3.05, 3.63) is 119 Å². The minimum atomic E-state index is -1.10. The second kappa shape index (κ2) is 9.03. The van der Waals surface area contributed by atoms with E-state index in [1.54, 1.807) is 30.3 Å². The van der Waals surface area contributed by atoms with Crippen LogP contribution < -0.4 is 0 Å². The summed E-state index contributed by atoms with van der Waals surface area (Å²) < 4.78 is 0. The van der Waals surface area contributed by atoms with Crippen LogP contribution in [-0.2, 0) is 0 Å². The van der Waals surface area contributed by atoms with Crippen LogP contribution in [0.4, 0.5) is 0 Å². The first-order valence-electron chi connectivity index (χ1n) is 9.91. The van der Waals surface area contributed by atoms with Gasteiger partial charge in [-0.3, -0.25) is 0 Å². The summed E-state index contributed by atoms with van der Waals surface area (Å²) in [6, 6.07) is 28.5. The molecule has 0 spiro atoms. The number of carboxylic acids is 2. The van der Waals surface area contributed by atoms with E-state index in [9.17, 15) is 19.8 Å². The van der Waals surface area contributed by atoms with Crippen molar-refractivity contribution in [3.8, 4) is 34.1 Å². The molecule has 0 heterocycles. The molecule has 4 aromatic carbocycles. The van der Waals surface area contributed by atoms with Crippen LogP contribution in [0.1, 0.15) is 31.8 Å². The highest BCUT2D eigenvalue weighted by Crippen LogP contribution is 2.37. The van der Waals surface area contributed by atoms with E-state index in [0.29, 0.717) is 27.8 Å². The molecule has 2 N–H and O–H groups in total. The zero-order valence-corrected chi connectivity index (χ0v) is 16.9. The van der Waals surface area contributed by atoms with Crippen molar-refractivity contribution in [3.63, 3.8) is 0 Å². The first kappa shape index (κ1) is 20.6. The molecule has 0 saturated heterocycles. The molecule has 4 rings (SSSR count). The van der Waals surface area contributed by atoms with Crippen molar-refractivity contribution in [2.75, 3.05) is 0 Å². The van der Waals surface area contributed by atoms with Gasteiger partial charge in [0.05, 0.1) is 11.1 Å². The fraction of sp³-hybridized carbons (Fsp3) is 0. The highest BCUT2D eigenvalue weighted by atomic mass is 16.4. The number of hydrogen-bond acceptors (Lipinski definition) is 2. The minimum Gasteiger partial charge on any atom is -0.478 e. The van der Waals surface area contributed by atoms with Crippen LogP contribution in [0.5, 0.6) is 0 Å². The molecular formula is C28H18O4. The van der Waals surface area contributed by atoms with Gasteiger partial charge in [0.25, 0.3) is 0 Å². The summed E-state index contributed by atoms with van der Waals surface area (Å²) in [5.74, 6) is 3.89. The first-order chi connectivity index (χ1) is 15.5. The largest absolute Gasteiger partial charge is 0.478 e. The average molecular weight is 418 g/mol. The van der Waals surface area contributed by atoms with Gasteiger partial charge in [-0.15, -0.1) is 0 Å². The molecule has 4 heteroatoms. The summed E-state index contributed by atoms with van der Waals surface area (Å²) >= 11 is 0. The first-order valence-corrected chi connectivity index (χ1v) is 9.91. The van der Waals surface area contributed by atoms with Crippen LogP contribution in [0.3, 0.4) is 0 Å². The molecule has 4 aromatic rings. The molecule has 0 radical (unpaired) electrons. The normalized spacial score (nSPS) is 10.1. The summed E-state index contributed by atoms with van der Waals surface area (Å²) in [4.78, 5) is 23.9. The Balaban J connectivity index is 1.99. The van der Waals surface area contributed by atoms with Gasteiger partial charge in [-0.25, -0.2) is 9.59 Å². The Morgan fingerprint density at radius 2 is 1.28 bits per heavy atom. The Hall–Kier alpha value is -4.62. The highest BCUT2D eigenvalue weighted by molar-refractivity contribution is 6.04. The SMILES string of the molecule is O=C(O)c1cccc(-c2ccc(C#Cc3ccccc3)c(C(=O)O)c2-c2ccccc2)c1. The smallest absolute Gasteiger partial charge is 0.337 e. The lowest BCUT2D eigenvalue weighted by Gasteiger charge is -2.15. The van der Waals surface area contributed by atoms with Gasteiger partial charge < -0.3 is 10.2 Å². The van der Waals surface area contributed by atoms with Crippen LogP contribution in [0.25, 0.3) is 22.3 Å².